The normalized spacial score (nSPS) is 13.1. The van der Waals surface area contributed by atoms with Crippen LogP contribution in [0.15, 0.2) is 42.6 Å². The minimum atomic E-state index is -4.89. The SMILES string of the molecule is Cc1c(N(Cc2ccc(OC(F)(F)F)cc2)S(=O)(=O)CCN(CC(C)C)CC(C)C)nc2cc(C(F)(F)F)ccn12. The van der Waals surface area contributed by atoms with Crippen LogP contribution in [-0.4, -0.2) is 54.5 Å². The molecule has 0 N–H and O–H groups in total. The zero-order valence-corrected chi connectivity index (χ0v) is 24.2. The van der Waals surface area contributed by atoms with Crippen LogP contribution >= 0.6 is 0 Å². The molecule has 41 heavy (non-hydrogen) atoms. The van der Waals surface area contributed by atoms with Crippen molar-refractivity contribution in [3.8, 4) is 5.75 Å². The van der Waals surface area contributed by atoms with Crippen molar-refractivity contribution in [3.63, 3.8) is 0 Å². The van der Waals surface area contributed by atoms with E-state index in [1.807, 2.05) is 32.6 Å². The Hall–Kier alpha value is -3.00. The van der Waals surface area contributed by atoms with Crippen LogP contribution < -0.4 is 9.04 Å². The van der Waals surface area contributed by atoms with E-state index in [1.165, 1.54) is 29.7 Å². The molecule has 3 rings (SSSR count). The fourth-order valence-corrected chi connectivity index (χ4v) is 5.97. The van der Waals surface area contributed by atoms with E-state index < -0.39 is 33.9 Å². The zero-order chi connectivity index (χ0) is 30.8. The Bertz CT molecular complexity index is 1410. The van der Waals surface area contributed by atoms with Crippen LogP contribution in [0.5, 0.6) is 5.75 Å². The molecule has 0 fully saturated rings. The smallest absolute Gasteiger partial charge is 0.406 e. The number of imidazole rings is 1. The summed E-state index contributed by atoms with van der Waals surface area (Å²) in [4.78, 5) is 6.30. The Balaban J connectivity index is 2.02. The lowest BCUT2D eigenvalue weighted by Gasteiger charge is -2.28. The highest BCUT2D eigenvalue weighted by Gasteiger charge is 2.33. The number of aryl methyl sites for hydroxylation is 1. The molecule has 3 aromatic rings. The van der Waals surface area contributed by atoms with Gasteiger partial charge in [0.2, 0.25) is 10.0 Å². The molecule has 0 aliphatic heterocycles. The third-order valence-corrected chi connectivity index (χ3v) is 7.81. The van der Waals surface area contributed by atoms with E-state index in [4.69, 9.17) is 0 Å². The number of halogens is 6. The van der Waals surface area contributed by atoms with Crippen LogP contribution in [0.3, 0.4) is 0 Å². The molecular weight excluding hydrogens is 574 g/mol. The van der Waals surface area contributed by atoms with Crippen molar-refractivity contribution < 1.29 is 39.5 Å². The number of anilines is 1. The highest BCUT2D eigenvalue weighted by atomic mass is 32.2. The summed E-state index contributed by atoms with van der Waals surface area (Å²) in [7, 11) is -4.11. The zero-order valence-electron chi connectivity index (χ0n) is 23.4. The van der Waals surface area contributed by atoms with Gasteiger partial charge in [0.05, 0.1) is 23.6 Å². The summed E-state index contributed by atoms with van der Waals surface area (Å²) in [5.74, 6) is -0.276. The quantitative estimate of drug-likeness (QED) is 0.220. The number of hydrogen-bond acceptors (Lipinski definition) is 5. The number of sulfonamides is 1. The van der Waals surface area contributed by atoms with E-state index in [2.05, 4.69) is 9.72 Å². The summed E-state index contributed by atoms with van der Waals surface area (Å²) in [5.41, 5.74) is -0.413. The predicted octanol–water partition coefficient (Wildman–Crippen LogP) is 6.51. The Morgan fingerprint density at radius 3 is 2.05 bits per heavy atom. The van der Waals surface area contributed by atoms with Gasteiger partial charge in [-0.05, 0) is 48.6 Å². The van der Waals surface area contributed by atoms with Crippen LogP contribution in [0.25, 0.3) is 5.65 Å². The summed E-state index contributed by atoms with van der Waals surface area (Å²) in [6.45, 7) is 10.9. The van der Waals surface area contributed by atoms with E-state index in [0.717, 1.165) is 28.6 Å². The number of pyridine rings is 1. The largest absolute Gasteiger partial charge is 0.573 e. The van der Waals surface area contributed by atoms with Gasteiger partial charge in [0, 0.05) is 25.8 Å². The van der Waals surface area contributed by atoms with Crippen LogP contribution in [0.1, 0.15) is 44.5 Å². The minimum absolute atomic E-state index is 0.0702. The Kier molecular flexibility index (Phi) is 9.89. The lowest BCUT2D eigenvalue weighted by Crippen LogP contribution is -2.40. The van der Waals surface area contributed by atoms with Crippen LogP contribution in [0.4, 0.5) is 32.2 Å². The molecule has 2 heterocycles. The number of nitrogens with zero attached hydrogens (tertiary/aromatic N) is 4. The monoisotopic (exact) mass is 608 g/mol. The van der Waals surface area contributed by atoms with Gasteiger partial charge in [-0.25, -0.2) is 17.7 Å². The fourth-order valence-electron chi connectivity index (χ4n) is 4.48. The van der Waals surface area contributed by atoms with Crippen LogP contribution in [-0.2, 0) is 22.7 Å². The molecule has 0 radical (unpaired) electrons. The lowest BCUT2D eigenvalue weighted by atomic mass is 10.1. The van der Waals surface area contributed by atoms with Gasteiger partial charge in [0.25, 0.3) is 0 Å². The molecule has 228 valence electrons. The molecule has 0 unspecified atom stereocenters. The van der Waals surface area contributed by atoms with Gasteiger partial charge in [-0.3, -0.25) is 0 Å². The van der Waals surface area contributed by atoms with E-state index >= 15 is 0 Å². The minimum Gasteiger partial charge on any atom is -0.406 e. The van der Waals surface area contributed by atoms with Crippen molar-refractivity contribution in [2.24, 2.45) is 11.8 Å². The van der Waals surface area contributed by atoms with Gasteiger partial charge in [0.15, 0.2) is 5.82 Å². The number of ether oxygens (including phenoxy) is 1. The first kappa shape index (κ1) is 32.5. The maximum absolute atomic E-state index is 13.8. The number of aromatic nitrogens is 2. The second-order valence-corrected chi connectivity index (χ2v) is 12.7. The van der Waals surface area contributed by atoms with Crippen molar-refractivity contribution in [1.29, 1.82) is 0 Å². The topological polar surface area (TPSA) is 67.2 Å². The molecule has 14 heteroatoms. The molecule has 2 aromatic heterocycles. The molecule has 0 saturated carbocycles. The van der Waals surface area contributed by atoms with Gasteiger partial charge in [-0.15, -0.1) is 13.2 Å². The van der Waals surface area contributed by atoms with Gasteiger partial charge < -0.3 is 14.0 Å². The molecule has 0 spiro atoms. The number of benzene rings is 1. The number of hydrogen-bond donors (Lipinski definition) is 0. The third-order valence-electron chi connectivity index (χ3n) is 6.13. The molecule has 0 bridgehead atoms. The molecule has 0 saturated heterocycles. The van der Waals surface area contributed by atoms with Crippen molar-refractivity contribution >= 4 is 21.5 Å². The standard InChI is InChI=1S/C27H34F6N4O3S/c1-18(2)15-35(16-19(3)4)12-13-41(38,39)37(17-21-6-8-23(9-7-21)40-27(31,32)33)25-20(5)36-11-10-22(26(28,29)30)14-24(36)34-25/h6-11,14,18-19H,12-13,15-17H2,1-5H3. The summed E-state index contributed by atoms with van der Waals surface area (Å²) < 4.78 is 112. The highest BCUT2D eigenvalue weighted by molar-refractivity contribution is 7.92. The second-order valence-electron chi connectivity index (χ2n) is 10.7. The Morgan fingerprint density at radius 2 is 1.54 bits per heavy atom. The fraction of sp³-hybridized carbons (Fsp3) is 0.519. The second kappa shape index (κ2) is 12.5. The van der Waals surface area contributed by atoms with Gasteiger partial charge >= 0.3 is 12.5 Å². The van der Waals surface area contributed by atoms with Gasteiger partial charge in [-0.2, -0.15) is 13.2 Å². The van der Waals surface area contributed by atoms with Crippen molar-refractivity contribution in [3.05, 3.63) is 59.4 Å². The summed E-state index contributed by atoms with van der Waals surface area (Å²) >= 11 is 0. The predicted molar refractivity (Wildman–Crippen MR) is 144 cm³/mol. The number of alkyl halides is 6. The summed E-state index contributed by atoms with van der Waals surface area (Å²) in [6.07, 6.45) is -8.34. The Morgan fingerprint density at radius 1 is 0.951 bits per heavy atom. The first-order valence-electron chi connectivity index (χ1n) is 13.0. The molecular formula is C27H34F6N4O3S. The third kappa shape index (κ3) is 8.99. The van der Waals surface area contributed by atoms with Gasteiger partial charge in [-0.1, -0.05) is 39.8 Å². The average molecular weight is 609 g/mol. The van der Waals surface area contributed by atoms with Crippen molar-refractivity contribution in [2.75, 3.05) is 29.7 Å². The molecule has 1 aromatic carbocycles. The molecule has 0 atom stereocenters. The average Bonchev–Trinajstić information content (AvgIpc) is 3.15. The Labute approximate surface area is 235 Å². The summed E-state index contributed by atoms with van der Waals surface area (Å²) in [5, 5.41) is 0. The summed E-state index contributed by atoms with van der Waals surface area (Å²) in [6, 6.07) is 6.41. The maximum Gasteiger partial charge on any atom is 0.573 e. The van der Waals surface area contributed by atoms with Crippen molar-refractivity contribution in [1.82, 2.24) is 14.3 Å². The van der Waals surface area contributed by atoms with E-state index in [9.17, 15) is 34.8 Å². The number of rotatable bonds is 12. The van der Waals surface area contributed by atoms with Crippen molar-refractivity contribution in [2.45, 2.75) is 53.7 Å². The number of fused-ring (bicyclic) bond motifs is 1. The first-order chi connectivity index (χ1) is 18.9. The lowest BCUT2D eigenvalue weighted by molar-refractivity contribution is -0.274. The molecule has 0 aliphatic rings. The maximum atomic E-state index is 13.8. The molecule has 7 nitrogen and oxygen atoms in total. The van der Waals surface area contributed by atoms with E-state index in [-0.39, 0.29) is 47.8 Å². The van der Waals surface area contributed by atoms with E-state index in [0.29, 0.717) is 18.7 Å². The molecule has 0 aliphatic carbocycles. The highest BCUT2D eigenvalue weighted by Crippen LogP contribution is 2.32. The van der Waals surface area contributed by atoms with Crippen LogP contribution in [0, 0.1) is 18.8 Å². The van der Waals surface area contributed by atoms with Gasteiger partial charge in [0.1, 0.15) is 11.4 Å². The first-order valence-corrected chi connectivity index (χ1v) is 14.6. The molecule has 0 amide bonds. The van der Waals surface area contributed by atoms with Crippen LogP contribution in [0.2, 0.25) is 0 Å². The van der Waals surface area contributed by atoms with E-state index in [1.54, 1.807) is 0 Å².